The Labute approximate surface area is 372 Å². The smallest absolute Gasteiger partial charge is 0.142 e. The summed E-state index contributed by atoms with van der Waals surface area (Å²) in [6.45, 7) is 13.4. The maximum Gasteiger partial charge on any atom is 0.142 e. The summed E-state index contributed by atoms with van der Waals surface area (Å²) in [7, 11) is 0. The average Bonchev–Trinajstić information content (AvgIpc) is 3.60. The van der Waals surface area contributed by atoms with Crippen LogP contribution in [0.1, 0.15) is 58.2 Å². The fourth-order valence-electron chi connectivity index (χ4n) is 8.08. The van der Waals surface area contributed by atoms with Crippen molar-refractivity contribution in [1.82, 2.24) is 14.5 Å². The van der Waals surface area contributed by atoms with Gasteiger partial charge in [0.25, 0.3) is 0 Å². The van der Waals surface area contributed by atoms with Crippen LogP contribution in [-0.4, -0.2) is 19.6 Å². The zero-order valence-electron chi connectivity index (χ0n) is 35.1. The van der Waals surface area contributed by atoms with E-state index >= 15 is 0 Å². The molecule has 6 heteroatoms. The van der Waals surface area contributed by atoms with E-state index in [2.05, 4.69) is 161 Å². The number of benzene rings is 6. The molecule has 0 atom stereocenters. The van der Waals surface area contributed by atoms with Crippen molar-refractivity contribution < 1.29 is 26.2 Å². The first kappa shape index (κ1) is 41.1. The Kier molecular flexibility index (Phi) is 10.9. The van der Waals surface area contributed by atoms with Crippen LogP contribution in [0.5, 0.6) is 5.75 Å². The van der Waals surface area contributed by atoms with Gasteiger partial charge >= 0.3 is 0 Å². The normalized spacial score (nSPS) is 11.7. The molecule has 5 nitrogen and oxygen atoms in total. The van der Waals surface area contributed by atoms with Gasteiger partial charge in [0.2, 0.25) is 0 Å². The van der Waals surface area contributed by atoms with Gasteiger partial charge in [-0.2, -0.15) is 5.26 Å². The Morgan fingerprint density at radius 3 is 1.89 bits per heavy atom. The molecule has 6 aromatic carbocycles. The number of nitrogens with zero attached hydrogens (tertiary/aromatic N) is 4. The fraction of sp³-hybridized carbons (Fsp3) is 0.145. The summed E-state index contributed by atoms with van der Waals surface area (Å²) in [6.07, 6.45) is 1.87. The van der Waals surface area contributed by atoms with Gasteiger partial charge in [0, 0.05) is 66.2 Å². The zero-order valence-corrected chi connectivity index (χ0v) is 37.3. The van der Waals surface area contributed by atoms with Crippen LogP contribution >= 0.6 is 0 Å². The Balaban J connectivity index is 0.00000514. The van der Waals surface area contributed by atoms with Crippen molar-refractivity contribution in [2.45, 2.75) is 52.4 Å². The van der Waals surface area contributed by atoms with Crippen LogP contribution in [-0.2, 0) is 31.9 Å². The number of rotatable bonds is 6. The van der Waals surface area contributed by atoms with Crippen molar-refractivity contribution in [1.29, 1.82) is 5.26 Å². The quantitative estimate of drug-likeness (QED) is 0.169. The van der Waals surface area contributed by atoms with Crippen LogP contribution in [0.4, 0.5) is 0 Å². The molecule has 0 unspecified atom stereocenters. The molecule has 0 spiro atoms. The molecule has 61 heavy (non-hydrogen) atoms. The molecule has 9 rings (SSSR count). The molecule has 0 aliphatic carbocycles. The number of hydrogen-bond donors (Lipinski definition) is 1. The molecule has 0 saturated heterocycles. The van der Waals surface area contributed by atoms with E-state index < -0.39 is 0 Å². The summed E-state index contributed by atoms with van der Waals surface area (Å²) < 4.78 is 2.36. The molecule has 1 N–H and O–H groups in total. The molecule has 0 saturated carbocycles. The number of aromatic nitrogens is 3. The summed E-state index contributed by atoms with van der Waals surface area (Å²) in [4.78, 5) is 10.0. The summed E-state index contributed by atoms with van der Waals surface area (Å²) in [5.41, 5.74) is 14.2. The first-order valence-corrected chi connectivity index (χ1v) is 20.4. The van der Waals surface area contributed by atoms with Crippen molar-refractivity contribution in [3.05, 3.63) is 181 Å². The van der Waals surface area contributed by atoms with Gasteiger partial charge in [-0.1, -0.05) is 144 Å². The monoisotopic (exact) mass is 972 g/mol. The molecule has 3 aromatic heterocycles. The van der Waals surface area contributed by atoms with E-state index in [-0.39, 0.29) is 43.2 Å². The number of pyridine rings is 2. The fourth-order valence-corrected chi connectivity index (χ4v) is 8.08. The molecule has 9 aromatic rings. The first-order valence-electron chi connectivity index (χ1n) is 20.4. The van der Waals surface area contributed by atoms with E-state index in [0.29, 0.717) is 17.0 Å². The standard InChI is InChI=1S/C55H45N4O.Pt/c1-54(2,3)41-28-39(29-42(33-41)55(4,5)6)40-31-49(58-50(32-40)47-23-13-17-38(34-56)53(47)60)37-16-12-15-36(27-37)48-30-35(25-26-57-48)44-21-14-22-46-45-20-10-11-24-51(45)59(52(44)46)43-18-8-7-9-19-43;/h7-26,28-33,60H,1-6H3;/q-1;. The van der Waals surface area contributed by atoms with Crippen LogP contribution in [0, 0.1) is 17.4 Å². The Morgan fingerprint density at radius 1 is 0.574 bits per heavy atom. The van der Waals surface area contributed by atoms with Crippen LogP contribution in [0.3, 0.4) is 0 Å². The van der Waals surface area contributed by atoms with Crippen molar-refractivity contribution in [3.8, 4) is 73.5 Å². The van der Waals surface area contributed by atoms with Gasteiger partial charge in [0.05, 0.1) is 22.3 Å². The van der Waals surface area contributed by atoms with E-state index in [1.54, 1.807) is 12.1 Å². The van der Waals surface area contributed by atoms with Crippen molar-refractivity contribution in [3.63, 3.8) is 0 Å². The van der Waals surface area contributed by atoms with Crippen molar-refractivity contribution in [2.24, 2.45) is 0 Å². The van der Waals surface area contributed by atoms with Gasteiger partial charge < -0.3 is 9.67 Å². The summed E-state index contributed by atoms with van der Waals surface area (Å²) in [5, 5.41) is 23.5. The van der Waals surface area contributed by atoms with Gasteiger partial charge in [0.1, 0.15) is 11.8 Å². The van der Waals surface area contributed by atoms with E-state index in [1.807, 2.05) is 42.6 Å². The van der Waals surface area contributed by atoms with Crippen molar-refractivity contribution in [2.75, 3.05) is 0 Å². The SMILES string of the molecule is CC(C)(C)c1cc(-c2cc(-c3[c-]c(-c4cc(-c5cccc6c7ccccc7n(-c7ccccc7)c56)ccn4)ccc3)nc(-c3cccc(C#N)c3O)c2)cc(C(C)(C)C)c1.[Pt]. The minimum Gasteiger partial charge on any atom is -0.506 e. The number of phenolic OH excluding ortho intramolecular Hbond substituents is 1. The number of phenols is 1. The molecule has 0 aliphatic heterocycles. The maximum absolute atomic E-state index is 11.3. The number of hydrogen-bond acceptors (Lipinski definition) is 4. The third-order valence-electron chi connectivity index (χ3n) is 11.4. The molecule has 0 fully saturated rings. The van der Waals surface area contributed by atoms with Crippen LogP contribution in [0.25, 0.3) is 83.5 Å². The molecule has 3 heterocycles. The molecule has 0 aliphatic rings. The van der Waals surface area contributed by atoms with Crippen LogP contribution < -0.4 is 0 Å². The second kappa shape index (κ2) is 16.1. The average molecular weight is 973 g/mol. The van der Waals surface area contributed by atoms with Crippen LogP contribution in [0.15, 0.2) is 158 Å². The van der Waals surface area contributed by atoms with Gasteiger partial charge in [-0.25, -0.2) is 0 Å². The van der Waals surface area contributed by atoms with E-state index in [1.165, 1.54) is 21.9 Å². The summed E-state index contributed by atoms with van der Waals surface area (Å²) in [5.74, 6) is -0.0884. The third kappa shape index (κ3) is 7.81. The number of para-hydroxylation sites is 4. The number of nitriles is 1. The van der Waals surface area contributed by atoms with E-state index in [4.69, 9.17) is 9.97 Å². The zero-order chi connectivity index (χ0) is 41.8. The Bertz CT molecular complexity index is 3110. The second-order valence-electron chi connectivity index (χ2n) is 17.5. The summed E-state index contributed by atoms with van der Waals surface area (Å²) in [6, 6.07) is 57.9. The summed E-state index contributed by atoms with van der Waals surface area (Å²) >= 11 is 0. The predicted octanol–water partition coefficient (Wildman–Crippen LogP) is 13.9. The molecular weight excluding hydrogens is 928 g/mol. The Hall–Kier alpha value is -6.60. The minimum absolute atomic E-state index is 0. The topological polar surface area (TPSA) is 74.7 Å². The van der Waals surface area contributed by atoms with Gasteiger partial charge in [-0.3, -0.25) is 9.97 Å². The van der Waals surface area contributed by atoms with Crippen molar-refractivity contribution >= 4 is 21.8 Å². The molecule has 302 valence electrons. The molecular formula is C55H45N4OPt-. The first-order chi connectivity index (χ1) is 28.9. The number of aromatic hydroxyl groups is 1. The minimum atomic E-state index is -0.0884. The van der Waals surface area contributed by atoms with Gasteiger partial charge in [0.15, 0.2) is 0 Å². The number of fused-ring (bicyclic) bond motifs is 3. The van der Waals surface area contributed by atoms with Gasteiger partial charge in [-0.05, 0) is 81.1 Å². The largest absolute Gasteiger partial charge is 0.506 e. The predicted molar refractivity (Wildman–Crippen MR) is 246 cm³/mol. The molecule has 0 radical (unpaired) electrons. The third-order valence-corrected chi connectivity index (χ3v) is 11.4. The maximum atomic E-state index is 11.3. The van der Waals surface area contributed by atoms with Crippen LogP contribution in [0.2, 0.25) is 0 Å². The van der Waals surface area contributed by atoms with Gasteiger partial charge in [-0.15, -0.1) is 24.3 Å². The molecule has 0 amide bonds. The van der Waals surface area contributed by atoms with E-state index in [0.717, 1.165) is 55.8 Å². The Morgan fingerprint density at radius 2 is 1.16 bits per heavy atom. The van der Waals surface area contributed by atoms with E-state index in [9.17, 15) is 10.4 Å². The molecule has 0 bridgehead atoms. The second-order valence-corrected chi connectivity index (χ2v) is 17.5.